The van der Waals surface area contributed by atoms with Crippen LogP contribution in [0.5, 0.6) is 5.75 Å². The largest absolute Gasteiger partial charge is 0.496 e. The fourth-order valence-corrected chi connectivity index (χ4v) is 3.20. The lowest BCUT2D eigenvalue weighted by atomic mass is 10.0. The maximum absolute atomic E-state index is 12.8. The molecule has 0 bridgehead atoms. The van der Waals surface area contributed by atoms with E-state index in [1.165, 1.54) is 20.2 Å². The number of benzene rings is 3. The molecule has 27 heavy (non-hydrogen) atoms. The van der Waals surface area contributed by atoms with E-state index in [0.29, 0.717) is 22.6 Å². The van der Waals surface area contributed by atoms with E-state index < -0.39 is 0 Å². The van der Waals surface area contributed by atoms with E-state index in [1.807, 2.05) is 30.3 Å². The Labute approximate surface area is 155 Å². The first-order chi connectivity index (χ1) is 13.0. The van der Waals surface area contributed by atoms with Gasteiger partial charge < -0.3 is 10.1 Å². The fraction of sp³-hybridized carbons (Fsp3) is 0.0952. The first-order valence-electron chi connectivity index (χ1n) is 8.34. The summed E-state index contributed by atoms with van der Waals surface area (Å²) >= 11 is 0. The Balaban J connectivity index is 1.68. The Hall–Kier alpha value is -3.67. The molecule has 0 fully saturated rings. The Morgan fingerprint density at radius 2 is 1.59 bits per heavy atom. The molecule has 4 rings (SSSR count). The summed E-state index contributed by atoms with van der Waals surface area (Å²) < 4.78 is 5.37. The number of fused-ring (bicyclic) bond motifs is 2. The minimum Gasteiger partial charge on any atom is -0.496 e. The van der Waals surface area contributed by atoms with Crippen LogP contribution in [0.2, 0.25) is 0 Å². The van der Waals surface area contributed by atoms with Gasteiger partial charge in [-0.1, -0.05) is 24.3 Å². The third-order valence-electron chi connectivity index (χ3n) is 4.66. The first-order valence-corrected chi connectivity index (χ1v) is 8.34. The van der Waals surface area contributed by atoms with Crippen LogP contribution in [-0.4, -0.2) is 36.8 Å². The second-order valence-electron chi connectivity index (χ2n) is 6.28. The number of hydrogen-bond acceptors (Lipinski definition) is 4. The van der Waals surface area contributed by atoms with Crippen molar-refractivity contribution in [2.24, 2.45) is 0 Å². The number of ether oxygens (including phenoxy) is 1. The number of amides is 3. The highest BCUT2D eigenvalue weighted by Crippen LogP contribution is 2.28. The van der Waals surface area contributed by atoms with Gasteiger partial charge in [-0.15, -0.1) is 0 Å². The lowest BCUT2D eigenvalue weighted by Gasteiger charge is -2.11. The van der Waals surface area contributed by atoms with Crippen molar-refractivity contribution in [3.8, 4) is 5.75 Å². The summed E-state index contributed by atoms with van der Waals surface area (Å²) in [6.45, 7) is 0. The standard InChI is InChI=1S/C21H16N2O4/c1-23-20(25)15-8-7-14(11-16(15)21(23)26)22-19(24)17-9-12-5-3-4-6-13(12)10-18(17)27-2/h3-11H,1-2H3,(H,22,24). The third kappa shape index (κ3) is 2.71. The van der Waals surface area contributed by atoms with Gasteiger partial charge in [0.05, 0.1) is 23.8 Å². The molecule has 3 aromatic rings. The number of nitrogens with one attached hydrogen (secondary N) is 1. The summed E-state index contributed by atoms with van der Waals surface area (Å²) in [5.41, 5.74) is 1.44. The Morgan fingerprint density at radius 3 is 2.30 bits per heavy atom. The number of methoxy groups -OCH3 is 1. The molecule has 6 heteroatoms. The molecule has 1 N–H and O–H groups in total. The van der Waals surface area contributed by atoms with E-state index in [1.54, 1.807) is 18.2 Å². The number of rotatable bonds is 3. The van der Waals surface area contributed by atoms with E-state index >= 15 is 0 Å². The first kappa shape index (κ1) is 16.8. The summed E-state index contributed by atoms with van der Waals surface area (Å²) in [5.74, 6) is -0.625. The lowest BCUT2D eigenvalue weighted by molar-refractivity contribution is 0.0692. The van der Waals surface area contributed by atoms with Gasteiger partial charge in [0.1, 0.15) is 5.75 Å². The summed E-state index contributed by atoms with van der Waals surface area (Å²) in [6.07, 6.45) is 0. The molecule has 0 saturated heterocycles. The van der Waals surface area contributed by atoms with Gasteiger partial charge in [0.2, 0.25) is 0 Å². The zero-order valence-corrected chi connectivity index (χ0v) is 14.8. The summed E-state index contributed by atoms with van der Waals surface area (Å²) in [4.78, 5) is 38.0. The molecule has 0 aliphatic carbocycles. The summed E-state index contributed by atoms with van der Waals surface area (Å²) in [7, 11) is 2.94. The van der Waals surface area contributed by atoms with Crippen LogP contribution in [0.25, 0.3) is 10.8 Å². The molecule has 134 valence electrons. The average Bonchev–Trinajstić information content (AvgIpc) is 2.90. The molecular weight excluding hydrogens is 344 g/mol. The average molecular weight is 360 g/mol. The maximum atomic E-state index is 12.8. The van der Waals surface area contributed by atoms with Crippen LogP contribution >= 0.6 is 0 Å². The van der Waals surface area contributed by atoms with Gasteiger partial charge in [0, 0.05) is 12.7 Å². The van der Waals surface area contributed by atoms with Crippen LogP contribution < -0.4 is 10.1 Å². The van der Waals surface area contributed by atoms with Crippen molar-refractivity contribution in [2.45, 2.75) is 0 Å². The van der Waals surface area contributed by atoms with Crippen molar-refractivity contribution in [3.05, 3.63) is 71.3 Å². The number of imide groups is 1. The molecule has 3 amide bonds. The highest BCUT2D eigenvalue weighted by molar-refractivity contribution is 6.21. The monoisotopic (exact) mass is 360 g/mol. The van der Waals surface area contributed by atoms with E-state index in [2.05, 4.69) is 5.32 Å². The van der Waals surface area contributed by atoms with Crippen LogP contribution in [0.15, 0.2) is 54.6 Å². The zero-order chi connectivity index (χ0) is 19.1. The summed E-state index contributed by atoms with van der Waals surface area (Å²) in [5, 5.41) is 4.66. The summed E-state index contributed by atoms with van der Waals surface area (Å²) in [6, 6.07) is 15.9. The topological polar surface area (TPSA) is 75.7 Å². The predicted octanol–water partition coefficient (Wildman–Crippen LogP) is 3.33. The minimum atomic E-state index is -0.380. The quantitative estimate of drug-likeness (QED) is 0.727. The van der Waals surface area contributed by atoms with Crippen LogP contribution in [0.3, 0.4) is 0 Å². The molecule has 1 heterocycles. The molecule has 0 spiro atoms. The maximum Gasteiger partial charge on any atom is 0.261 e. The molecule has 0 atom stereocenters. The lowest BCUT2D eigenvalue weighted by Crippen LogP contribution is -2.24. The van der Waals surface area contributed by atoms with Gasteiger partial charge in [-0.25, -0.2) is 0 Å². The van der Waals surface area contributed by atoms with Crippen molar-refractivity contribution in [1.29, 1.82) is 0 Å². The zero-order valence-electron chi connectivity index (χ0n) is 14.8. The van der Waals surface area contributed by atoms with E-state index in [-0.39, 0.29) is 23.3 Å². The molecule has 0 radical (unpaired) electrons. The van der Waals surface area contributed by atoms with Crippen molar-refractivity contribution in [1.82, 2.24) is 4.90 Å². The second kappa shape index (κ2) is 6.25. The third-order valence-corrected chi connectivity index (χ3v) is 4.66. The Morgan fingerprint density at radius 1 is 0.926 bits per heavy atom. The normalized spacial score (nSPS) is 13.0. The van der Waals surface area contributed by atoms with Gasteiger partial charge >= 0.3 is 0 Å². The van der Waals surface area contributed by atoms with Crippen molar-refractivity contribution >= 4 is 34.2 Å². The molecule has 0 aromatic heterocycles. The Bertz CT molecular complexity index is 1120. The number of anilines is 1. The molecule has 6 nitrogen and oxygen atoms in total. The molecule has 1 aliphatic heterocycles. The van der Waals surface area contributed by atoms with Gasteiger partial charge in [0.15, 0.2) is 0 Å². The van der Waals surface area contributed by atoms with E-state index in [0.717, 1.165) is 15.7 Å². The SMILES string of the molecule is COc1cc2ccccc2cc1C(=O)Nc1ccc2c(c1)C(=O)N(C)C2=O. The van der Waals surface area contributed by atoms with Gasteiger partial charge in [0.25, 0.3) is 17.7 Å². The van der Waals surface area contributed by atoms with Crippen LogP contribution in [0, 0.1) is 0 Å². The highest BCUT2D eigenvalue weighted by Gasteiger charge is 2.32. The number of hydrogen-bond donors (Lipinski definition) is 1. The number of nitrogens with zero attached hydrogens (tertiary/aromatic N) is 1. The molecular formula is C21H16N2O4. The van der Waals surface area contributed by atoms with Crippen LogP contribution in [0.1, 0.15) is 31.1 Å². The molecule has 0 saturated carbocycles. The van der Waals surface area contributed by atoms with Crippen LogP contribution in [-0.2, 0) is 0 Å². The van der Waals surface area contributed by atoms with Crippen LogP contribution in [0.4, 0.5) is 5.69 Å². The highest BCUT2D eigenvalue weighted by atomic mass is 16.5. The van der Waals surface area contributed by atoms with Crippen molar-refractivity contribution < 1.29 is 19.1 Å². The van der Waals surface area contributed by atoms with Gasteiger partial charge in [-0.2, -0.15) is 0 Å². The fourth-order valence-electron chi connectivity index (χ4n) is 3.20. The minimum absolute atomic E-state index is 0.283. The van der Waals surface area contributed by atoms with Crippen molar-refractivity contribution in [3.63, 3.8) is 0 Å². The van der Waals surface area contributed by atoms with Gasteiger partial charge in [-0.05, 0) is 41.1 Å². The van der Waals surface area contributed by atoms with E-state index in [9.17, 15) is 14.4 Å². The predicted molar refractivity (Wildman–Crippen MR) is 101 cm³/mol. The molecule has 0 unspecified atom stereocenters. The Kier molecular flexibility index (Phi) is 3.88. The molecule has 1 aliphatic rings. The van der Waals surface area contributed by atoms with Crippen molar-refractivity contribution in [2.75, 3.05) is 19.5 Å². The number of carbonyl (C=O) groups excluding carboxylic acids is 3. The van der Waals surface area contributed by atoms with Gasteiger partial charge in [-0.3, -0.25) is 19.3 Å². The number of carbonyl (C=O) groups is 3. The van der Waals surface area contributed by atoms with E-state index in [4.69, 9.17) is 4.74 Å². The second-order valence-corrected chi connectivity index (χ2v) is 6.28. The smallest absolute Gasteiger partial charge is 0.261 e. The molecule has 3 aromatic carbocycles.